The molecular formula is C10H19NO3. The first-order valence-electron chi connectivity index (χ1n) is 5.15. The van der Waals surface area contributed by atoms with Gasteiger partial charge in [-0.2, -0.15) is 0 Å². The SMILES string of the molecule is O=C(O)CCCCCCCC/C=N\O. The molecule has 0 aliphatic rings. The first-order valence-corrected chi connectivity index (χ1v) is 5.15. The van der Waals surface area contributed by atoms with Crippen LogP contribution in [-0.2, 0) is 4.79 Å². The van der Waals surface area contributed by atoms with Gasteiger partial charge in [-0.15, -0.1) is 5.16 Å². The number of carboxylic acids is 1. The summed E-state index contributed by atoms with van der Waals surface area (Å²) in [5.41, 5.74) is 0. The van der Waals surface area contributed by atoms with Gasteiger partial charge in [0.05, 0.1) is 0 Å². The van der Waals surface area contributed by atoms with Crippen LogP contribution in [0.5, 0.6) is 0 Å². The Morgan fingerprint density at radius 3 is 2.21 bits per heavy atom. The largest absolute Gasteiger partial charge is 0.481 e. The van der Waals surface area contributed by atoms with E-state index < -0.39 is 5.97 Å². The van der Waals surface area contributed by atoms with Gasteiger partial charge in [0.15, 0.2) is 0 Å². The monoisotopic (exact) mass is 201 g/mol. The maximum absolute atomic E-state index is 10.2. The fraction of sp³-hybridized carbons (Fsp3) is 0.800. The van der Waals surface area contributed by atoms with Crippen molar-refractivity contribution >= 4 is 12.2 Å². The van der Waals surface area contributed by atoms with E-state index in [1.807, 2.05) is 0 Å². The molecule has 0 aromatic rings. The molecule has 4 nitrogen and oxygen atoms in total. The molecule has 82 valence electrons. The number of oxime groups is 1. The lowest BCUT2D eigenvalue weighted by Crippen LogP contribution is -1.93. The molecule has 0 spiro atoms. The van der Waals surface area contributed by atoms with Crippen molar-refractivity contribution in [3.8, 4) is 0 Å². The van der Waals surface area contributed by atoms with E-state index in [0.717, 1.165) is 44.9 Å². The second kappa shape index (κ2) is 10.0. The average molecular weight is 201 g/mol. The lowest BCUT2D eigenvalue weighted by atomic mass is 10.1. The lowest BCUT2D eigenvalue weighted by Gasteiger charge is -1.98. The molecule has 0 amide bonds. The van der Waals surface area contributed by atoms with Gasteiger partial charge in [0.25, 0.3) is 0 Å². The maximum Gasteiger partial charge on any atom is 0.303 e. The Morgan fingerprint density at radius 1 is 1.07 bits per heavy atom. The Kier molecular flexibility index (Phi) is 9.26. The third-order valence-corrected chi connectivity index (χ3v) is 2.06. The van der Waals surface area contributed by atoms with Crippen molar-refractivity contribution < 1.29 is 15.1 Å². The molecule has 0 aromatic carbocycles. The third-order valence-electron chi connectivity index (χ3n) is 2.06. The fourth-order valence-corrected chi connectivity index (χ4v) is 1.28. The summed E-state index contributed by atoms with van der Waals surface area (Å²) in [6.45, 7) is 0. The van der Waals surface area contributed by atoms with E-state index in [1.54, 1.807) is 0 Å². The van der Waals surface area contributed by atoms with Gasteiger partial charge < -0.3 is 10.3 Å². The quantitative estimate of drug-likeness (QED) is 0.261. The van der Waals surface area contributed by atoms with Gasteiger partial charge in [-0.25, -0.2) is 0 Å². The van der Waals surface area contributed by atoms with Crippen LogP contribution in [-0.4, -0.2) is 22.5 Å². The Bertz CT molecular complexity index is 169. The van der Waals surface area contributed by atoms with Crippen LogP contribution in [0.1, 0.15) is 51.4 Å². The van der Waals surface area contributed by atoms with Gasteiger partial charge >= 0.3 is 5.97 Å². The average Bonchev–Trinajstić information content (AvgIpc) is 2.15. The van der Waals surface area contributed by atoms with E-state index in [1.165, 1.54) is 6.21 Å². The predicted molar refractivity (Wildman–Crippen MR) is 54.9 cm³/mol. The third kappa shape index (κ3) is 10.9. The number of hydrogen-bond donors (Lipinski definition) is 2. The molecule has 0 bridgehead atoms. The van der Waals surface area contributed by atoms with Crippen LogP contribution in [0, 0.1) is 0 Å². The zero-order valence-corrected chi connectivity index (χ0v) is 8.48. The molecule has 2 N–H and O–H groups in total. The lowest BCUT2D eigenvalue weighted by molar-refractivity contribution is -0.137. The normalized spacial score (nSPS) is 10.9. The minimum Gasteiger partial charge on any atom is -0.481 e. The van der Waals surface area contributed by atoms with E-state index in [9.17, 15) is 4.79 Å². The van der Waals surface area contributed by atoms with Crippen LogP contribution in [0.25, 0.3) is 0 Å². The van der Waals surface area contributed by atoms with Crippen molar-refractivity contribution in [3.63, 3.8) is 0 Å². The number of rotatable bonds is 9. The van der Waals surface area contributed by atoms with Crippen molar-refractivity contribution in [1.29, 1.82) is 0 Å². The first-order chi connectivity index (χ1) is 6.77. The highest BCUT2D eigenvalue weighted by molar-refractivity contribution is 5.66. The molecule has 0 unspecified atom stereocenters. The molecule has 0 radical (unpaired) electrons. The van der Waals surface area contributed by atoms with Gasteiger partial charge in [0.2, 0.25) is 0 Å². The fourth-order valence-electron chi connectivity index (χ4n) is 1.28. The standard InChI is InChI=1S/C10H19NO3/c12-10(13)8-6-4-2-1-3-5-7-9-11-14/h9,14H,1-8H2,(H,12,13)/b11-9-. The maximum atomic E-state index is 10.2. The summed E-state index contributed by atoms with van der Waals surface area (Å²) in [7, 11) is 0. The van der Waals surface area contributed by atoms with Crippen molar-refractivity contribution in [1.82, 2.24) is 0 Å². The molecule has 0 heterocycles. The number of carboxylic acid groups (broad SMARTS) is 1. The molecule has 0 fully saturated rings. The smallest absolute Gasteiger partial charge is 0.303 e. The van der Waals surface area contributed by atoms with Crippen LogP contribution in [0.4, 0.5) is 0 Å². The number of hydrogen-bond acceptors (Lipinski definition) is 3. The summed E-state index contributed by atoms with van der Waals surface area (Å²) < 4.78 is 0. The molecule has 0 atom stereocenters. The van der Waals surface area contributed by atoms with Crippen LogP contribution in [0.3, 0.4) is 0 Å². The first kappa shape index (κ1) is 12.9. The molecule has 0 aliphatic carbocycles. The van der Waals surface area contributed by atoms with Crippen LogP contribution < -0.4 is 0 Å². The highest BCUT2D eigenvalue weighted by Crippen LogP contribution is 2.07. The minimum absolute atomic E-state index is 0.289. The highest BCUT2D eigenvalue weighted by Gasteiger charge is 1.95. The zero-order valence-electron chi connectivity index (χ0n) is 8.48. The van der Waals surface area contributed by atoms with Gasteiger partial charge in [-0.05, 0) is 19.3 Å². The summed E-state index contributed by atoms with van der Waals surface area (Å²) in [5.74, 6) is -0.704. The van der Waals surface area contributed by atoms with Crippen LogP contribution in [0.15, 0.2) is 5.16 Å². The van der Waals surface area contributed by atoms with Crippen LogP contribution >= 0.6 is 0 Å². The minimum atomic E-state index is -0.704. The highest BCUT2D eigenvalue weighted by atomic mass is 16.4. The van der Waals surface area contributed by atoms with Crippen molar-refractivity contribution in [2.45, 2.75) is 51.4 Å². The van der Waals surface area contributed by atoms with Gasteiger partial charge in [0, 0.05) is 12.6 Å². The zero-order chi connectivity index (χ0) is 10.6. The summed E-state index contributed by atoms with van der Waals surface area (Å²) in [4.78, 5) is 10.2. The molecule has 0 aliphatic heterocycles. The summed E-state index contributed by atoms with van der Waals surface area (Å²) in [6, 6.07) is 0. The Hall–Kier alpha value is -1.06. The second-order valence-corrected chi connectivity index (χ2v) is 3.35. The van der Waals surface area contributed by atoms with Crippen molar-refractivity contribution in [2.24, 2.45) is 5.16 Å². The Balaban J connectivity index is 2.95. The van der Waals surface area contributed by atoms with Gasteiger partial charge in [-0.1, -0.05) is 25.7 Å². The molecule has 4 heteroatoms. The number of aliphatic carboxylic acids is 1. The number of nitrogens with zero attached hydrogens (tertiary/aromatic N) is 1. The van der Waals surface area contributed by atoms with Crippen molar-refractivity contribution in [3.05, 3.63) is 0 Å². The molecule has 0 saturated heterocycles. The second-order valence-electron chi connectivity index (χ2n) is 3.35. The molecule has 0 rings (SSSR count). The molecule has 0 aromatic heterocycles. The Labute approximate surface area is 84.6 Å². The van der Waals surface area contributed by atoms with E-state index >= 15 is 0 Å². The topological polar surface area (TPSA) is 69.9 Å². The van der Waals surface area contributed by atoms with E-state index in [4.69, 9.17) is 10.3 Å². The molecule has 14 heavy (non-hydrogen) atoms. The summed E-state index contributed by atoms with van der Waals surface area (Å²) in [5, 5.41) is 19.4. The molecular weight excluding hydrogens is 182 g/mol. The van der Waals surface area contributed by atoms with Gasteiger partial charge in [-0.3, -0.25) is 4.79 Å². The van der Waals surface area contributed by atoms with E-state index in [2.05, 4.69) is 5.16 Å². The molecule has 0 saturated carbocycles. The van der Waals surface area contributed by atoms with E-state index in [0.29, 0.717) is 0 Å². The summed E-state index contributed by atoms with van der Waals surface area (Å²) in [6.07, 6.45) is 8.81. The van der Waals surface area contributed by atoms with Crippen molar-refractivity contribution in [2.75, 3.05) is 0 Å². The summed E-state index contributed by atoms with van der Waals surface area (Å²) >= 11 is 0. The number of unbranched alkanes of at least 4 members (excludes halogenated alkanes) is 6. The Morgan fingerprint density at radius 2 is 1.64 bits per heavy atom. The predicted octanol–water partition coefficient (Wildman–Crippen LogP) is 2.65. The number of carbonyl (C=O) groups is 1. The van der Waals surface area contributed by atoms with Gasteiger partial charge in [0.1, 0.15) is 0 Å². The van der Waals surface area contributed by atoms with Crippen LogP contribution in [0.2, 0.25) is 0 Å². The van der Waals surface area contributed by atoms with E-state index in [-0.39, 0.29) is 6.42 Å².